The minimum Gasteiger partial charge on any atom is -0.489 e. The summed E-state index contributed by atoms with van der Waals surface area (Å²) in [5.74, 6) is 2.13. The molecule has 1 aliphatic heterocycles. The van der Waals surface area contributed by atoms with Gasteiger partial charge in [0.2, 0.25) is 0 Å². The van der Waals surface area contributed by atoms with Gasteiger partial charge in [-0.3, -0.25) is 9.78 Å². The Morgan fingerprint density at radius 3 is 2.45 bits per heavy atom. The standard InChI is InChI=1S/C23H22N2O4/c1-25(15-18-2-7-21-22(14-18)28-13-12-27-21)23(26)19-3-5-20(6-4-19)29-16-17-8-10-24-11-9-17/h2-11,14H,12-13,15-16H2,1H3. The third-order valence-electron chi connectivity index (χ3n) is 4.63. The Hall–Kier alpha value is -3.54. The fourth-order valence-corrected chi connectivity index (χ4v) is 3.09. The van der Waals surface area contributed by atoms with Crippen LogP contribution in [0, 0.1) is 0 Å². The van der Waals surface area contributed by atoms with Gasteiger partial charge in [-0.15, -0.1) is 0 Å². The monoisotopic (exact) mass is 390 g/mol. The van der Waals surface area contributed by atoms with Gasteiger partial charge in [-0.05, 0) is 59.7 Å². The Labute approximate surface area is 169 Å². The number of amides is 1. The maximum Gasteiger partial charge on any atom is 0.253 e. The quantitative estimate of drug-likeness (QED) is 0.642. The lowest BCUT2D eigenvalue weighted by Gasteiger charge is -2.21. The van der Waals surface area contributed by atoms with Crippen molar-refractivity contribution in [3.8, 4) is 17.2 Å². The van der Waals surface area contributed by atoms with Gasteiger partial charge in [-0.25, -0.2) is 0 Å². The molecule has 6 nitrogen and oxygen atoms in total. The van der Waals surface area contributed by atoms with Gasteiger partial charge >= 0.3 is 0 Å². The van der Waals surface area contributed by atoms with Crippen LogP contribution in [0.5, 0.6) is 17.2 Å². The summed E-state index contributed by atoms with van der Waals surface area (Å²) in [6, 6.07) is 16.8. The molecule has 4 rings (SSSR count). The molecule has 1 amide bonds. The van der Waals surface area contributed by atoms with Crippen molar-refractivity contribution in [3.63, 3.8) is 0 Å². The van der Waals surface area contributed by atoms with Crippen LogP contribution in [0.1, 0.15) is 21.5 Å². The van der Waals surface area contributed by atoms with E-state index in [1.807, 2.05) is 42.5 Å². The number of aromatic nitrogens is 1. The topological polar surface area (TPSA) is 60.9 Å². The fourth-order valence-electron chi connectivity index (χ4n) is 3.09. The third kappa shape index (κ3) is 4.66. The van der Waals surface area contributed by atoms with E-state index in [4.69, 9.17) is 14.2 Å². The number of rotatable bonds is 6. The molecule has 29 heavy (non-hydrogen) atoms. The van der Waals surface area contributed by atoms with E-state index in [1.54, 1.807) is 36.5 Å². The number of ether oxygens (including phenoxy) is 3. The predicted molar refractivity (Wildman–Crippen MR) is 108 cm³/mol. The highest BCUT2D eigenvalue weighted by Crippen LogP contribution is 2.31. The lowest BCUT2D eigenvalue weighted by Crippen LogP contribution is -2.26. The molecule has 0 N–H and O–H groups in total. The van der Waals surface area contributed by atoms with E-state index < -0.39 is 0 Å². The van der Waals surface area contributed by atoms with Crippen molar-refractivity contribution in [2.45, 2.75) is 13.2 Å². The molecule has 1 aromatic heterocycles. The molecule has 0 aliphatic carbocycles. The molecule has 2 aromatic carbocycles. The fraction of sp³-hybridized carbons (Fsp3) is 0.217. The number of hydrogen-bond donors (Lipinski definition) is 0. The predicted octanol–water partition coefficient (Wildman–Crippen LogP) is 3.70. The summed E-state index contributed by atoms with van der Waals surface area (Å²) in [5.41, 5.74) is 2.64. The number of hydrogen-bond acceptors (Lipinski definition) is 5. The molecule has 2 heterocycles. The number of pyridine rings is 1. The van der Waals surface area contributed by atoms with Crippen LogP contribution in [0.3, 0.4) is 0 Å². The number of fused-ring (bicyclic) bond motifs is 1. The molecule has 0 spiro atoms. The second kappa shape index (κ2) is 8.65. The van der Waals surface area contributed by atoms with E-state index in [-0.39, 0.29) is 5.91 Å². The maximum atomic E-state index is 12.8. The first-order valence-corrected chi connectivity index (χ1v) is 9.45. The minimum absolute atomic E-state index is 0.0550. The van der Waals surface area contributed by atoms with Gasteiger partial charge in [0.15, 0.2) is 11.5 Å². The second-order valence-electron chi connectivity index (χ2n) is 6.81. The highest BCUT2D eigenvalue weighted by Gasteiger charge is 2.15. The number of nitrogens with zero attached hydrogens (tertiary/aromatic N) is 2. The molecule has 0 fully saturated rings. The first-order valence-electron chi connectivity index (χ1n) is 9.45. The van der Waals surface area contributed by atoms with Crippen LogP contribution in [-0.2, 0) is 13.2 Å². The minimum atomic E-state index is -0.0550. The largest absolute Gasteiger partial charge is 0.489 e. The van der Waals surface area contributed by atoms with Gasteiger partial charge in [0.05, 0.1) is 0 Å². The van der Waals surface area contributed by atoms with Crippen molar-refractivity contribution in [1.29, 1.82) is 0 Å². The van der Waals surface area contributed by atoms with E-state index in [2.05, 4.69) is 4.98 Å². The van der Waals surface area contributed by atoms with Crippen LogP contribution in [-0.4, -0.2) is 36.1 Å². The van der Waals surface area contributed by atoms with Crippen LogP contribution in [0.15, 0.2) is 67.0 Å². The summed E-state index contributed by atoms with van der Waals surface area (Å²) in [6.45, 7) is 2.05. The van der Waals surface area contributed by atoms with Crippen molar-refractivity contribution in [2.75, 3.05) is 20.3 Å². The molecule has 0 radical (unpaired) electrons. The Kier molecular flexibility index (Phi) is 5.61. The van der Waals surface area contributed by atoms with Crippen LogP contribution < -0.4 is 14.2 Å². The molecule has 148 valence electrons. The van der Waals surface area contributed by atoms with E-state index in [1.165, 1.54) is 0 Å². The molecule has 6 heteroatoms. The van der Waals surface area contributed by atoms with Crippen LogP contribution >= 0.6 is 0 Å². The SMILES string of the molecule is CN(Cc1ccc2c(c1)OCCO2)C(=O)c1ccc(OCc2ccncc2)cc1. The molecule has 0 bridgehead atoms. The zero-order valence-electron chi connectivity index (χ0n) is 16.2. The van der Waals surface area contributed by atoms with Crippen molar-refractivity contribution >= 4 is 5.91 Å². The zero-order chi connectivity index (χ0) is 20.1. The normalized spacial score (nSPS) is 12.3. The van der Waals surface area contributed by atoms with E-state index in [9.17, 15) is 4.79 Å². The second-order valence-corrected chi connectivity index (χ2v) is 6.81. The maximum absolute atomic E-state index is 12.8. The Bertz CT molecular complexity index is 974. The van der Waals surface area contributed by atoms with E-state index in [0.717, 1.165) is 22.6 Å². The summed E-state index contributed by atoms with van der Waals surface area (Å²) in [6.07, 6.45) is 3.47. The summed E-state index contributed by atoms with van der Waals surface area (Å²) in [4.78, 5) is 18.4. The highest BCUT2D eigenvalue weighted by atomic mass is 16.6. The summed E-state index contributed by atoms with van der Waals surface area (Å²) in [7, 11) is 1.78. The van der Waals surface area contributed by atoms with Crippen molar-refractivity contribution in [3.05, 3.63) is 83.7 Å². The van der Waals surface area contributed by atoms with Crippen molar-refractivity contribution in [1.82, 2.24) is 9.88 Å². The van der Waals surface area contributed by atoms with Gasteiger partial charge in [-0.2, -0.15) is 0 Å². The van der Waals surface area contributed by atoms with Gasteiger partial charge in [0.25, 0.3) is 5.91 Å². The summed E-state index contributed by atoms with van der Waals surface area (Å²) < 4.78 is 16.9. The Morgan fingerprint density at radius 1 is 0.966 bits per heavy atom. The first-order chi connectivity index (χ1) is 14.2. The molecule has 0 saturated carbocycles. The molecular formula is C23H22N2O4. The van der Waals surface area contributed by atoms with E-state index in [0.29, 0.717) is 37.7 Å². The van der Waals surface area contributed by atoms with Gasteiger partial charge in [0, 0.05) is 31.5 Å². The van der Waals surface area contributed by atoms with E-state index >= 15 is 0 Å². The molecule has 1 aliphatic rings. The summed E-state index contributed by atoms with van der Waals surface area (Å²) in [5, 5.41) is 0. The molecule has 0 unspecified atom stereocenters. The highest BCUT2D eigenvalue weighted by molar-refractivity contribution is 5.94. The molecule has 0 atom stereocenters. The number of carbonyl (C=O) groups is 1. The average Bonchev–Trinajstić information content (AvgIpc) is 2.78. The van der Waals surface area contributed by atoms with Crippen LogP contribution in [0.25, 0.3) is 0 Å². The van der Waals surface area contributed by atoms with Crippen molar-refractivity contribution in [2.24, 2.45) is 0 Å². The van der Waals surface area contributed by atoms with Crippen LogP contribution in [0.4, 0.5) is 0 Å². The molecule has 3 aromatic rings. The van der Waals surface area contributed by atoms with Gasteiger partial charge < -0.3 is 19.1 Å². The Balaban J connectivity index is 1.36. The van der Waals surface area contributed by atoms with Gasteiger partial charge in [0.1, 0.15) is 25.6 Å². The summed E-state index contributed by atoms with van der Waals surface area (Å²) >= 11 is 0. The van der Waals surface area contributed by atoms with Crippen molar-refractivity contribution < 1.29 is 19.0 Å². The first kappa shape index (κ1) is 18.8. The molecule has 0 saturated heterocycles. The van der Waals surface area contributed by atoms with Gasteiger partial charge in [-0.1, -0.05) is 6.07 Å². The number of carbonyl (C=O) groups excluding carboxylic acids is 1. The molecular weight excluding hydrogens is 368 g/mol. The van der Waals surface area contributed by atoms with Crippen LogP contribution in [0.2, 0.25) is 0 Å². The zero-order valence-corrected chi connectivity index (χ0v) is 16.2. The third-order valence-corrected chi connectivity index (χ3v) is 4.63. The lowest BCUT2D eigenvalue weighted by atomic mass is 10.1. The lowest BCUT2D eigenvalue weighted by molar-refractivity contribution is 0.0784. The number of benzene rings is 2. The Morgan fingerprint density at radius 2 is 1.69 bits per heavy atom. The average molecular weight is 390 g/mol. The smallest absolute Gasteiger partial charge is 0.253 e.